The normalized spacial score (nSPS) is 20.3. The second-order valence-electron chi connectivity index (χ2n) is 6.02. The Bertz CT molecular complexity index is 599. The molecule has 0 aromatic heterocycles. The molecule has 122 valence electrons. The highest BCUT2D eigenvalue weighted by atomic mass is 16.2. The predicted octanol–water partition coefficient (Wildman–Crippen LogP) is 2.83. The van der Waals surface area contributed by atoms with Crippen LogP contribution in [0.25, 0.3) is 0 Å². The van der Waals surface area contributed by atoms with Crippen LogP contribution in [-0.2, 0) is 9.59 Å². The summed E-state index contributed by atoms with van der Waals surface area (Å²) in [5.74, 6) is 0.0726. The fraction of sp³-hybridized carbons (Fsp3) is 0.500. The zero-order chi connectivity index (χ0) is 16.7. The summed E-state index contributed by atoms with van der Waals surface area (Å²) in [6.07, 6.45) is 3.91. The van der Waals surface area contributed by atoms with Gasteiger partial charge in [-0.15, -0.1) is 0 Å². The Morgan fingerprint density at radius 2 is 1.83 bits per heavy atom. The molecule has 23 heavy (non-hydrogen) atoms. The van der Waals surface area contributed by atoms with Crippen molar-refractivity contribution in [2.45, 2.75) is 39.0 Å². The average Bonchev–Trinajstić information content (AvgIpc) is 2.60. The summed E-state index contributed by atoms with van der Waals surface area (Å²) >= 11 is 0. The third-order valence-electron chi connectivity index (χ3n) is 4.28. The van der Waals surface area contributed by atoms with Gasteiger partial charge in [0, 0.05) is 24.1 Å². The number of carbonyl (C=O) groups excluding carboxylic acids is 2. The van der Waals surface area contributed by atoms with Crippen LogP contribution in [-0.4, -0.2) is 18.4 Å². The van der Waals surface area contributed by atoms with Crippen molar-refractivity contribution >= 4 is 17.5 Å². The van der Waals surface area contributed by atoms with Crippen LogP contribution < -0.4 is 10.6 Å². The maximum Gasteiger partial charge on any atom is 0.227 e. The maximum absolute atomic E-state index is 12.3. The molecular weight excluding hydrogens is 290 g/mol. The summed E-state index contributed by atoms with van der Waals surface area (Å²) in [5, 5.41) is 14.7. The molecule has 2 rings (SSSR count). The first-order valence-electron chi connectivity index (χ1n) is 8.22. The summed E-state index contributed by atoms with van der Waals surface area (Å²) in [6, 6.07) is 8.97. The summed E-state index contributed by atoms with van der Waals surface area (Å²) in [4.78, 5) is 24.3. The number of carbonyl (C=O) groups is 2. The number of benzene rings is 1. The lowest BCUT2D eigenvalue weighted by Crippen LogP contribution is -2.35. The summed E-state index contributed by atoms with van der Waals surface area (Å²) in [7, 11) is 0. The lowest BCUT2D eigenvalue weighted by Gasteiger charge is -2.27. The van der Waals surface area contributed by atoms with Crippen molar-refractivity contribution in [1.82, 2.24) is 5.32 Å². The minimum atomic E-state index is -0.0593. The number of hydrogen-bond acceptors (Lipinski definition) is 3. The van der Waals surface area contributed by atoms with Crippen molar-refractivity contribution in [3.63, 3.8) is 0 Å². The summed E-state index contributed by atoms with van der Waals surface area (Å²) in [5.41, 5.74) is 1.18. The molecule has 5 nitrogen and oxygen atoms in total. The van der Waals surface area contributed by atoms with E-state index in [4.69, 9.17) is 5.26 Å². The van der Waals surface area contributed by atoms with Crippen LogP contribution in [0.4, 0.5) is 5.69 Å². The van der Waals surface area contributed by atoms with Crippen LogP contribution in [0.15, 0.2) is 24.3 Å². The van der Waals surface area contributed by atoms with Crippen molar-refractivity contribution in [2.75, 3.05) is 11.9 Å². The third kappa shape index (κ3) is 4.82. The smallest absolute Gasteiger partial charge is 0.227 e. The molecular formula is C18H23N3O2. The van der Waals surface area contributed by atoms with Crippen molar-refractivity contribution in [3.8, 4) is 6.07 Å². The van der Waals surface area contributed by atoms with E-state index >= 15 is 0 Å². The largest absolute Gasteiger partial charge is 0.356 e. The highest BCUT2D eigenvalue weighted by Gasteiger charge is 2.29. The van der Waals surface area contributed by atoms with Gasteiger partial charge in [-0.2, -0.15) is 5.26 Å². The van der Waals surface area contributed by atoms with Gasteiger partial charge in [0.25, 0.3) is 0 Å². The molecule has 1 fully saturated rings. The van der Waals surface area contributed by atoms with Crippen LogP contribution in [0.3, 0.4) is 0 Å². The fourth-order valence-corrected chi connectivity index (χ4v) is 2.92. The van der Waals surface area contributed by atoms with Gasteiger partial charge in [-0.3, -0.25) is 9.59 Å². The van der Waals surface area contributed by atoms with Crippen molar-refractivity contribution in [3.05, 3.63) is 29.8 Å². The molecule has 0 saturated heterocycles. The van der Waals surface area contributed by atoms with Crippen molar-refractivity contribution in [1.29, 1.82) is 5.26 Å². The molecule has 2 amide bonds. The highest BCUT2D eigenvalue weighted by Crippen LogP contribution is 2.30. The number of nitrogens with one attached hydrogen (secondary N) is 2. The molecule has 1 aliphatic carbocycles. The first kappa shape index (κ1) is 17.0. The molecule has 1 aromatic rings. The average molecular weight is 313 g/mol. The lowest BCUT2D eigenvalue weighted by molar-refractivity contribution is -0.128. The van der Waals surface area contributed by atoms with E-state index in [1.807, 2.05) is 6.92 Å². The van der Waals surface area contributed by atoms with Gasteiger partial charge in [-0.05, 0) is 50.3 Å². The molecule has 0 unspecified atom stereocenters. The van der Waals surface area contributed by atoms with E-state index in [1.165, 1.54) is 0 Å². The monoisotopic (exact) mass is 313 g/mol. The first-order valence-corrected chi connectivity index (χ1v) is 8.22. The van der Waals surface area contributed by atoms with Crippen LogP contribution in [0.2, 0.25) is 0 Å². The van der Waals surface area contributed by atoms with Crippen molar-refractivity contribution in [2.24, 2.45) is 11.8 Å². The fourth-order valence-electron chi connectivity index (χ4n) is 2.92. The molecule has 1 saturated carbocycles. The lowest BCUT2D eigenvalue weighted by atomic mass is 9.81. The van der Waals surface area contributed by atoms with E-state index in [0.717, 1.165) is 32.1 Å². The molecule has 1 aromatic carbocycles. The van der Waals surface area contributed by atoms with Crippen molar-refractivity contribution < 1.29 is 9.59 Å². The third-order valence-corrected chi connectivity index (χ3v) is 4.28. The van der Waals surface area contributed by atoms with Crippen LogP contribution in [0.5, 0.6) is 0 Å². The van der Waals surface area contributed by atoms with Gasteiger partial charge < -0.3 is 10.6 Å². The highest BCUT2D eigenvalue weighted by molar-refractivity contribution is 5.93. The van der Waals surface area contributed by atoms with Crippen LogP contribution >= 0.6 is 0 Å². The van der Waals surface area contributed by atoms with Gasteiger partial charge in [0.15, 0.2) is 0 Å². The minimum Gasteiger partial charge on any atom is -0.356 e. The molecule has 0 radical (unpaired) electrons. The van der Waals surface area contributed by atoms with Crippen LogP contribution in [0, 0.1) is 23.2 Å². The zero-order valence-corrected chi connectivity index (χ0v) is 13.5. The number of anilines is 1. The maximum atomic E-state index is 12.3. The Balaban J connectivity index is 1.84. The Morgan fingerprint density at radius 1 is 1.17 bits per heavy atom. The molecule has 0 bridgehead atoms. The molecule has 0 heterocycles. The molecule has 2 N–H and O–H groups in total. The molecule has 5 heteroatoms. The number of rotatable bonds is 5. The summed E-state index contributed by atoms with van der Waals surface area (Å²) in [6.45, 7) is 2.75. The van der Waals surface area contributed by atoms with Gasteiger partial charge in [-0.1, -0.05) is 13.0 Å². The van der Waals surface area contributed by atoms with Gasteiger partial charge >= 0.3 is 0 Å². The number of nitrogens with zero attached hydrogens (tertiary/aromatic N) is 1. The SMILES string of the molecule is CCCNC(=O)C1CCC(C(=O)Nc2cccc(C#N)c2)CC1. The van der Waals surface area contributed by atoms with E-state index < -0.39 is 0 Å². The predicted molar refractivity (Wildman–Crippen MR) is 88.5 cm³/mol. The Labute approximate surface area is 137 Å². The molecule has 1 aliphatic rings. The second kappa shape index (κ2) is 8.33. The standard InChI is InChI=1S/C18H23N3O2/c1-2-10-20-17(22)14-6-8-15(9-7-14)18(23)21-16-5-3-4-13(11-16)12-19/h3-5,11,14-15H,2,6-10H2,1H3,(H,20,22)(H,21,23). The Hall–Kier alpha value is -2.35. The van der Waals surface area contributed by atoms with Gasteiger partial charge in [0.05, 0.1) is 11.6 Å². The Kier molecular flexibility index (Phi) is 6.16. The number of hydrogen-bond donors (Lipinski definition) is 2. The van der Waals surface area contributed by atoms with Gasteiger partial charge in [0.1, 0.15) is 0 Å². The quantitative estimate of drug-likeness (QED) is 0.877. The summed E-state index contributed by atoms with van der Waals surface area (Å²) < 4.78 is 0. The van der Waals surface area contributed by atoms with E-state index in [-0.39, 0.29) is 23.7 Å². The minimum absolute atomic E-state index is 0.0208. The van der Waals surface area contributed by atoms with E-state index in [2.05, 4.69) is 16.7 Å². The zero-order valence-electron chi connectivity index (χ0n) is 13.5. The van der Waals surface area contributed by atoms with Gasteiger partial charge in [0.2, 0.25) is 11.8 Å². The van der Waals surface area contributed by atoms with E-state index in [9.17, 15) is 9.59 Å². The molecule has 0 atom stereocenters. The Morgan fingerprint density at radius 3 is 2.43 bits per heavy atom. The second-order valence-corrected chi connectivity index (χ2v) is 6.02. The van der Waals surface area contributed by atoms with E-state index in [1.54, 1.807) is 24.3 Å². The number of nitriles is 1. The number of amides is 2. The van der Waals surface area contributed by atoms with Crippen LogP contribution in [0.1, 0.15) is 44.6 Å². The van der Waals surface area contributed by atoms with Gasteiger partial charge in [-0.25, -0.2) is 0 Å². The first-order chi connectivity index (χ1) is 11.1. The topological polar surface area (TPSA) is 82.0 Å². The molecule has 0 aliphatic heterocycles. The van der Waals surface area contributed by atoms with E-state index in [0.29, 0.717) is 17.8 Å². The molecule has 0 spiro atoms.